The minimum atomic E-state index is -0.417. The maximum atomic E-state index is 10.0. The fourth-order valence-electron chi connectivity index (χ4n) is 0.550. The molecule has 0 fully saturated rings. The van der Waals surface area contributed by atoms with Crippen LogP contribution < -0.4 is 24.8 Å². The van der Waals surface area contributed by atoms with Gasteiger partial charge in [-0.1, -0.05) is 18.2 Å². The summed E-state index contributed by atoms with van der Waals surface area (Å²) in [6, 6.07) is 7.93. The van der Waals surface area contributed by atoms with Crippen LogP contribution in [-0.2, 0) is 19.5 Å². The van der Waals surface area contributed by atoms with E-state index in [1.165, 1.54) is 12.1 Å². The molecule has 6 heteroatoms. The molecule has 0 saturated heterocycles. The minimum Gasteiger partial charge on any atom is -1.00 e. The fourth-order valence-corrected chi connectivity index (χ4v) is 0.550. The Morgan fingerprint density at radius 3 is 1.75 bits per heavy atom. The van der Waals surface area contributed by atoms with Crippen LogP contribution in [0.15, 0.2) is 30.3 Å². The average Bonchev–Trinajstić information content (AvgIpc) is 1.90. The van der Waals surface area contributed by atoms with Crippen molar-refractivity contribution in [2.45, 2.75) is 0 Å². The summed E-state index contributed by atoms with van der Waals surface area (Å²) >= 11 is 0. The molecule has 3 nitrogen and oxygen atoms in total. The molecular weight excluding hydrogens is 254 g/mol. The Hall–Kier alpha value is -0.177. The molecule has 0 bridgehead atoms. The molecule has 0 aliphatic carbocycles. The van der Waals surface area contributed by atoms with Crippen LogP contribution in [0.1, 0.15) is 0 Å². The third-order valence-electron chi connectivity index (χ3n) is 0.967. The van der Waals surface area contributed by atoms with E-state index in [4.69, 9.17) is 0 Å². The van der Waals surface area contributed by atoms with E-state index in [9.17, 15) is 10.1 Å². The first-order valence-electron chi connectivity index (χ1n) is 2.50. The quantitative estimate of drug-likeness (QED) is 0.290. The number of nitro groups is 1. The summed E-state index contributed by atoms with van der Waals surface area (Å²) in [5.74, 6) is 0. The number of halogens is 2. The van der Waals surface area contributed by atoms with Crippen LogP contribution in [0, 0.1) is 10.1 Å². The number of non-ortho nitro benzene ring substituents is 1. The summed E-state index contributed by atoms with van der Waals surface area (Å²) in [7, 11) is 0. The molecule has 12 heavy (non-hydrogen) atoms. The molecule has 0 radical (unpaired) electrons. The Bertz CT molecular complexity index is 220. The number of nitrogens with zero attached hydrogens (tertiary/aromatic N) is 1. The van der Waals surface area contributed by atoms with Gasteiger partial charge in [-0.3, -0.25) is 10.1 Å². The van der Waals surface area contributed by atoms with Crippen molar-refractivity contribution in [3.05, 3.63) is 40.4 Å². The van der Waals surface area contributed by atoms with Gasteiger partial charge in [0.2, 0.25) is 0 Å². The third-order valence-corrected chi connectivity index (χ3v) is 0.967. The van der Waals surface area contributed by atoms with Gasteiger partial charge in [-0.15, -0.1) is 0 Å². The third kappa shape index (κ3) is 5.47. The normalized spacial score (nSPS) is 6.67. The van der Waals surface area contributed by atoms with E-state index in [1.807, 2.05) is 0 Å². The van der Waals surface area contributed by atoms with Gasteiger partial charge in [0.15, 0.2) is 0 Å². The molecule has 62 valence electrons. The minimum absolute atomic E-state index is 0. The monoisotopic (exact) mass is 257 g/mol. The molecule has 1 aromatic rings. The Morgan fingerprint density at radius 1 is 1.08 bits per heavy atom. The molecule has 0 spiro atoms. The molecule has 0 N–H and O–H groups in total. The van der Waals surface area contributed by atoms with Crippen LogP contribution >= 0.6 is 0 Å². The SMILES string of the molecule is O=[N+]([O-])c1ccccc1.[Cl-].[Cl-].[Zn+2]. The zero-order valence-electron chi connectivity index (χ0n) is 6.11. The van der Waals surface area contributed by atoms with E-state index in [-0.39, 0.29) is 50.0 Å². The molecule has 0 unspecified atom stereocenters. The molecule has 1 aromatic carbocycles. The van der Waals surface area contributed by atoms with Gasteiger partial charge < -0.3 is 24.8 Å². The van der Waals surface area contributed by atoms with Crippen molar-refractivity contribution in [3.8, 4) is 0 Å². The maximum Gasteiger partial charge on any atom is 2.00 e. The van der Waals surface area contributed by atoms with Gasteiger partial charge >= 0.3 is 19.5 Å². The first-order chi connectivity index (χ1) is 4.30. The van der Waals surface area contributed by atoms with E-state index in [1.54, 1.807) is 18.2 Å². The number of benzene rings is 1. The van der Waals surface area contributed by atoms with E-state index < -0.39 is 4.92 Å². The van der Waals surface area contributed by atoms with Gasteiger partial charge in [-0.25, -0.2) is 0 Å². The van der Waals surface area contributed by atoms with Gasteiger partial charge in [-0.2, -0.15) is 0 Å². The first kappa shape index (κ1) is 17.8. The van der Waals surface area contributed by atoms with Crippen molar-refractivity contribution >= 4 is 5.69 Å². The standard InChI is InChI=1S/C6H5NO2.2ClH.Zn/c8-7(9)6-4-2-1-3-5-6;;;/h1-5H;2*1H;/q;;;+2/p-2. The summed E-state index contributed by atoms with van der Waals surface area (Å²) < 4.78 is 0. The van der Waals surface area contributed by atoms with Crippen molar-refractivity contribution < 1.29 is 49.2 Å². The van der Waals surface area contributed by atoms with E-state index in [2.05, 4.69) is 0 Å². The average molecular weight is 259 g/mol. The summed E-state index contributed by atoms with van der Waals surface area (Å²) in [6.45, 7) is 0. The van der Waals surface area contributed by atoms with Gasteiger partial charge in [0, 0.05) is 12.1 Å². The second kappa shape index (κ2) is 8.92. The van der Waals surface area contributed by atoms with Crippen LogP contribution in [0.4, 0.5) is 5.69 Å². The molecule has 0 amide bonds. The van der Waals surface area contributed by atoms with Crippen LogP contribution in [0.5, 0.6) is 0 Å². The van der Waals surface area contributed by atoms with Crippen molar-refractivity contribution in [2.24, 2.45) is 0 Å². The van der Waals surface area contributed by atoms with E-state index in [0.717, 1.165) is 0 Å². The summed E-state index contributed by atoms with van der Waals surface area (Å²) in [5, 5.41) is 10.0. The smallest absolute Gasteiger partial charge is 1.00 e. The van der Waals surface area contributed by atoms with Crippen molar-refractivity contribution in [3.63, 3.8) is 0 Å². The Kier molecular flexibility index (Phi) is 13.2. The van der Waals surface area contributed by atoms with Gasteiger partial charge in [0.05, 0.1) is 4.92 Å². The van der Waals surface area contributed by atoms with Crippen LogP contribution in [0.3, 0.4) is 0 Å². The number of rotatable bonds is 1. The number of nitro benzene ring substituents is 1. The molecule has 0 saturated carbocycles. The van der Waals surface area contributed by atoms with Crippen LogP contribution in [0.25, 0.3) is 0 Å². The summed E-state index contributed by atoms with van der Waals surface area (Å²) in [4.78, 5) is 9.59. The topological polar surface area (TPSA) is 43.1 Å². The summed E-state index contributed by atoms with van der Waals surface area (Å²) in [6.07, 6.45) is 0. The number of hydrogen-bond donors (Lipinski definition) is 0. The molecule has 0 aromatic heterocycles. The second-order valence-electron chi connectivity index (χ2n) is 1.59. The summed E-state index contributed by atoms with van der Waals surface area (Å²) in [5.41, 5.74) is 0.137. The van der Waals surface area contributed by atoms with Crippen molar-refractivity contribution in [2.75, 3.05) is 0 Å². The molecule has 0 atom stereocenters. The molecule has 0 aliphatic rings. The number of hydrogen-bond acceptors (Lipinski definition) is 2. The fraction of sp³-hybridized carbons (Fsp3) is 0. The van der Waals surface area contributed by atoms with Crippen molar-refractivity contribution in [1.29, 1.82) is 0 Å². The largest absolute Gasteiger partial charge is 2.00 e. The van der Waals surface area contributed by atoms with E-state index >= 15 is 0 Å². The molecule has 0 heterocycles. The predicted octanol–water partition coefficient (Wildman–Crippen LogP) is -4.40. The molecule has 0 aliphatic heterocycles. The van der Waals surface area contributed by atoms with E-state index in [0.29, 0.717) is 0 Å². The first-order valence-corrected chi connectivity index (χ1v) is 2.50. The Labute approximate surface area is 95.3 Å². The second-order valence-corrected chi connectivity index (χ2v) is 1.59. The van der Waals surface area contributed by atoms with Gasteiger partial charge in [-0.05, 0) is 0 Å². The Morgan fingerprint density at radius 2 is 1.50 bits per heavy atom. The number of para-hydroxylation sites is 1. The molecular formula is C6H5Cl2NO2Zn. The Balaban J connectivity index is -0.000000270. The maximum absolute atomic E-state index is 10.0. The van der Waals surface area contributed by atoms with Gasteiger partial charge in [0.1, 0.15) is 0 Å². The predicted molar refractivity (Wildman–Crippen MR) is 33.1 cm³/mol. The molecule has 1 rings (SSSR count). The van der Waals surface area contributed by atoms with Crippen LogP contribution in [-0.4, -0.2) is 4.92 Å². The van der Waals surface area contributed by atoms with Crippen LogP contribution in [0.2, 0.25) is 0 Å². The van der Waals surface area contributed by atoms with Crippen molar-refractivity contribution in [1.82, 2.24) is 0 Å². The van der Waals surface area contributed by atoms with Gasteiger partial charge in [0.25, 0.3) is 5.69 Å². The zero-order chi connectivity index (χ0) is 6.69. The zero-order valence-corrected chi connectivity index (χ0v) is 10.6.